The van der Waals surface area contributed by atoms with E-state index in [1.54, 1.807) is 12.1 Å². The minimum Gasteiger partial charge on any atom is -0.409 e. The van der Waals surface area contributed by atoms with Crippen LogP contribution < -0.4 is 5.73 Å². The molecule has 0 radical (unpaired) electrons. The third-order valence-corrected chi connectivity index (χ3v) is 3.33. The van der Waals surface area contributed by atoms with Gasteiger partial charge in [-0.2, -0.15) is 0 Å². The number of hydrogen-bond donors (Lipinski definition) is 2. The van der Waals surface area contributed by atoms with Gasteiger partial charge in [-0.1, -0.05) is 17.3 Å². The van der Waals surface area contributed by atoms with Crippen LogP contribution in [0, 0.1) is 11.7 Å². The second kappa shape index (κ2) is 5.82. The number of rotatable bonds is 3. The lowest BCUT2D eigenvalue weighted by atomic mass is 9.96. The van der Waals surface area contributed by atoms with Crippen LogP contribution >= 0.6 is 0 Å². The summed E-state index contributed by atoms with van der Waals surface area (Å²) in [5, 5.41) is 11.8. The molecule has 5 heteroatoms. The highest BCUT2D eigenvalue weighted by Crippen LogP contribution is 2.19. The molecule has 0 saturated carbocycles. The highest BCUT2D eigenvalue weighted by Gasteiger charge is 2.23. The van der Waals surface area contributed by atoms with Gasteiger partial charge in [0.25, 0.3) is 0 Å². The van der Waals surface area contributed by atoms with E-state index in [2.05, 4.69) is 10.1 Å². The maximum Gasteiger partial charge on any atom is 0.143 e. The Labute approximate surface area is 106 Å². The van der Waals surface area contributed by atoms with Crippen molar-refractivity contribution in [3.05, 3.63) is 35.6 Å². The molecular formula is C13H18FN3O. The van der Waals surface area contributed by atoms with Crippen LogP contribution in [0.2, 0.25) is 0 Å². The Morgan fingerprint density at radius 1 is 1.56 bits per heavy atom. The van der Waals surface area contributed by atoms with Crippen molar-refractivity contribution in [3.63, 3.8) is 0 Å². The topological polar surface area (TPSA) is 61.9 Å². The molecule has 18 heavy (non-hydrogen) atoms. The molecular weight excluding hydrogens is 233 g/mol. The molecule has 0 spiro atoms. The summed E-state index contributed by atoms with van der Waals surface area (Å²) in [6.45, 7) is 2.42. The molecule has 1 aliphatic rings. The van der Waals surface area contributed by atoms with Gasteiger partial charge in [0.2, 0.25) is 0 Å². The lowest BCUT2D eigenvalue weighted by Gasteiger charge is -2.31. The Morgan fingerprint density at radius 3 is 3.11 bits per heavy atom. The first-order valence-corrected chi connectivity index (χ1v) is 6.13. The summed E-state index contributed by atoms with van der Waals surface area (Å²) in [5.74, 6) is 0.175. The number of oxime groups is 1. The first kappa shape index (κ1) is 12.8. The molecule has 1 heterocycles. The summed E-state index contributed by atoms with van der Waals surface area (Å²) in [7, 11) is 0. The molecule has 3 N–H and O–H groups in total. The van der Waals surface area contributed by atoms with Gasteiger partial charge in [0.15, 0.2) is 0 Å². The van der Waals surface area contributed by atoms with Crippen molar-refractivity contribution in [3.8, 4) is 0 Å². The van der Waals surface area contributed by atoms with E-state index in [1.165, 1.54) is 6.07 Å². The Morgan fingerprint density at radius 2 is 2.39 bits per heavy atom. The van der Waals surface area contributed by atoms with Crippen LogP contribution in [0.1, 0.15) is 18.4 Å². The molecule has 1 unspecified atom stereocenters. The number of halogens is 1. The molecule has 1 fully saturated rings. The van der Waals surface area contributed by atoms with E-state index in [9.17, 15) is 4.39 Å². The molecule has 1 saturated heterocycles. The molecule has 0 aromatic heterocycles. The molecule has 1 aliphatic heterocycles. The van der Waals surface area contributed by atoms with Gasteiger partial charge in [-0.15, -0.1) is 0 Å². The monoisotopic (exact) mass is 251 g/mol. The van der Waals surface area contributed by atoms with Crippen LogP contribution in [0.15, 0.2) is 29.4 Å². The van der Waals surface area contributed by atoms with Gasteiger partial charge in [0.05, 0.1) is 0 Å². The predicted octanol–water partition coefficient (Wildman–Crippen LogP) is 1.78. The van der Waals surface area contributed by atoms with Crippen LogP contribution in [0.5, 0.6) is 0 Å². The minimum atomic E-state index is -0.211. The number of piperidine rings is 1. The van der Waals surface area contributed by atoms with Crippen molar-refractivity contribution in [2.24, 2.45) is 16.8 Å². The van der Waals surface area contributed by atoms with Gasteiger partial charge in [-0.3, -0.25) is 4.90 Å². The third kappa shape index (κ3) is 3.20. The Kier molecular flexibility index (Phi) is 4.15. The Hall–Kier alpha value is -1.62. The first-order valence-electron chi connectivity index (χ1n) is 6.13. The van der Waals surface area contributed by atoms with Gasteiger partial charge < -0.3 is 10.9 Å². The van der Waals surface area contributed by atoms with Gasteiger partial charge >= 0.3 is 0 Å². The zero-order chi connectivity index (χ0) is 13.0. The van der Waals surface area contributed by atoms with Crippen molar-refractivity contribution in [2.45, 2.75) is 19.4 Å². The fourth-order valence-electron chi connectivity index (χ4n) is 2.42. The maximum atomic E-state index is 13.1. The van der Waals surface area contributed by atoms with Crippen LogP contribution in [0.4, 0.5) is 4.39 Å². The molecule has 0 amide bonds. The minimum absolute atomic E-state index is 0.0947. The Balaban J connectivity index is 1.97. The number of likely N-dealkylation sites (tertiary alicyclic amines) is 1. The van der Waals surface area contributed by atoms with E-state index in [-0.39, 0.29) is 11.7 Å². The lowest BCUT2D eigenvalue weighted by Crippen LogP contribution is -2.40. The second-order valence-corrected chi connectivity index (χ2v) is 4.73. The Bertz CT molecular complexity index is 436. The smallest absolute Gasteiger partial charge is 0.143 e. The van der Waals surface area contributed by atoms with E-state index < -0.39 is 0 Å². The van der Waals surface area contributed by atoms with E-state index in [4.69, 9.17) is 10.9 Å². The van der Waals surface area contributed by atoms with Crippen molar-refractivity contribution in [2.75, 3.05) is 13.1 Å². The zero-order valence-corrected chi connectivity index (χ0v) is 10.2. The average Bonchev–Trinajstić information content (AvgIpc) is 2.38. The van der Waals surface area contributed by atoms with Crippen molar-refractivity contribution in [1.29, 1.82) is 0 Å². The fourth-order valence-corrected chi connectivity index (χ4v) is 2.42. The molecule has 2 rings (SSSR count). The molecule has 1 aromatic carbocycles. The highest BCUT2D eigenvalue weighted by atomic mass is 19.1. The van der Waals surface area contributed by atoms with Crippen molar-refractivity contribution >= 4 is 5.84 Å². The van der Waals surface area contributed by atoms with Crippen LogP contribution in [-0.4, -0.2) is 29.0 Å². The number of amidine groups is 1. The average molecular weight is 251 g/mol. The standard InChI is InChI=1S/C13H18FN3O/c14-12-5-1-3-10(7-12)8-17-6-2-4-11(9-17)13(15)16-18/h1,3,5,7,11,18H,2,4,6,8-9H2,(H2,15,16). The summed E-state index contributed by atoms with van der Waals surface area (Å²) in [6, 6.07) is 6.62. The molecule has 1 aromatic rings. The summed E-state index contributed by atoms with van der Waals surface area (Å²) in [6.07, 6.45) is 1.95. The van der Waals surface area contributed by atoms with Gasteiger partial charge in [0, 0.05) is 19.0 Å². The van der Waals surface area contributed by atoms with Gasteiger partial charge in [-0.25, -0.2) is 4.39 Å². The summed E-state index contributed by atoms with van der Waals surface area (Å²) in [5.41, 5.74) is 6.59. The second-order valence-electron chi connectivity index (χ2n) is 4.73. The van der Waals surface area contributed by atoms with Gasteiger partial charge in [-0.05, 0) is 37.1 Å². The molecule has 1 atom stereocenters. The number of nitrogens with zero attached hydrogens (tertiary/aromatic N) is 2. The largest absolute Gasteiger partial charge is 0.409 e. The number of nitrogens with two attached hydrogens (primary N) is 1. The van der Waals surface area contributed by atoms with Crippen LogP contribution in [0.3, 0.4) is 0 Å². The molecule has 4 nitrogen and oxygen atoms in total. The summed E-state index contributed by atoms with van der Waals surface area (Å²) in [4.78, 5) is 2.21. The summed E-state index contributed by atoms with van der Waals surface area (Å²) < 4.78 is 13.1. The van der Waals surface area contributed by atoms with Crippen LogP contribution in [-0.2, 0) is 6.54 Å². The molecule has 98 valence electrons. The van der Waals surface area contributed by atoms with E-state index in [0.717, 1.165) is 31.5 Å². The van der Waals surface area contributed by atoms with E-state index >= 15 is 0 Å². The quantitative estimate of drug-likeness (QED) is 0.372. The van der Waals surface area contributed by atoms with Crippen molar-refractivity contribution < 1.29 is 9.60 Å². The normalized spacial score (nSPS) is 22.1. The SMILES string of the molecule is NC(=NO)C1CCCN(Cc2cccc(F)c2)C1. The summed E-state index contributed by atoms with van der Waals surface area (Å²) >= 11 is 0. The maximum absolute atomic E-state index is 13.1. The number of benzene rings is 1. The van der Waals surface area contributed by atoms with E-state index in [1.807, 2.05) is 6.07 Å². The fraction of sp³-hybridized carbons (Fsp3) is 0.462. The first-order chi connectivity index (χ1) is 8.69. The van der Waals surface area contributed by atoms with E-state index in [0.29, 0.717) is 12.4 Å². The van der Waals surface area contributed by atoms with Crippen LogP contribution in [0.25, 0.3) is 0 Å². The highest BCUT2D eigenvalue weighted by molar-refractivity contribution is 5.82. The number of hydrogen-bond acceptors (Lipinski definition) is 3. The van der Waals surface area contributed by atoms with Crippen molar-refractivity contribution in [1.82, 2.24) is 4.90 Å². The molecule has 0 bridgehead atoms. The zero-order valence-electron chi connectivity index (χ0n) is 10.2. The molecule has 0 aliphatic carbocycles. The predicted molar refractivity (Wildman–Crippen MR) is 67.8 cm³/mol. The third-order valence-electron chi connectivity index (χ3n) is 3.33. The van der Waals surface area contributed by atoms with Gasteiger partial charge in [0.1, 0.15) is 11.7 Å². The lowest BCUT2D eigenvalue weighted by molar-refractivity contribution is 0.192.